The molecule has 0 atom stereocenters. The van der Waals surface area contributed by atoms with Crippen molar-refractivity contribution in [2.45, 2.75) is 13.3 Å². The fourth-order valence-corrected chi connectivity index (χ4v) is 1.13. The Balaban J connectivity index is 2.58. The first-order valence-corrected chi connectivity index (χ1v) is 4.82. The topological polar surface area (TPSA) is 50.4 Å². The minimum absolute atomic E-state index is 0.133. The van der Waals surface area contributed by atoms with E-state index in [1.165, 1.54) is 12.1 Å². The van der Waals surface area contributed by atoms with Gasteiger partial charge in [-0.05, 0) is 36.8 Å². The Morgan fingerprint density at radius 3 is 2.60 bits per heavy atom. The molecular formula is C10H12FN3S. The summed E-state index contributed by atoms with van der Waals surface area (Å²) in [6, 6.07) is 6.28. The van der Waals surface area contributed by atoms with Crippen molar-refractivity contribution in [2.75, 3.05) is 0 Å². The predicted molar refractivity (Wildman–Crippen MR) is 63.1 cm³/mol. The zero-order chi connectivity index (χ0) is 11.3. The van der Waals surface area contributed by atoms with Crippen LogP contribution in [0.1, 0.15) is 12.5 Å². The highest BCUT2D eigenvalue weighted by molar-refractivity contribution is 7.80. The van der Waals surface area contributed by atoms with Crippen LogP contribution in [0.3, 0.4) is 0 Å². The molecule has 0 spiro atoms. The van der Waals surface area contributed by atoms with Gasteiger partial charge in [-0.3, -0.25) is 5.43 Å². The lowest BCUT2D eigenvalue weighted by molar-refractivity contribution is 0.627. The molecule has 1 aromatic carbocycles. The van der Waals surface area contributed by atoms with Crippen molar-refractivity contribution in [1.29, 1.82) is 0 Å². The fraction of sp³-hybridized carbons (Fsp3) is 0.200. The molecule has 0 saturated heterocycles. The quantitative estimate of drug-likeness (QED) is 0.466. The van der Waals surface area contributed by atoms with Gasteiger partial charge in [0, 0.05) is 12.1 Å². The van der Waals surface area contributed by atoms with E-state index in [1.54, 1.807) is 12.1 Å². The van der Waals surface area contributed by atoms with Gasteiger partial charge in [0.25, 0.3) is 0 Å². The molecule has 15 heavy (non-hydrogen) atoms. The van der Waals surface area contributed by atoms with Crippen LogP contribution in [0.15, 0.2) is 29.4 Å². The normalized spacial score (nSPS) is 11.2. The molecular weight excluding hydrogens is 213 g/mol. The van der Waals surface area contributed by atoms with E-state index in [2.05, 4.69) is 22.7 Å². The highest BCUT2D eigenvalue weighted by atomic mass is 32.1. The second-order valence-corrected chi connectivity index (χ2v) is 3.57. The van der Waals surface area contributed by atoms with Gasteiger partial charge >= 0.3 is 0 Å². The minimum Gasteiger partial charge on any atom is -0.375 e. The Bertz CT molecular complexity index is 373. The molecule has 0 aliphatic heterocycles. The third-order valence-corrected chi connectivity index (χ3v) is 1.82. The first kappa shape index (κ1) is 11.6. The summed E-state index contributed by atoms with van der Waals surface area (Å²) < 4.78 is 12.6. The minimum atomic E-state index is -0.241. The van der Waals surface area contributed by atoms with Gasteiger partial charge in [-0.25, -0.2) is 4.39 Å². The van der Waals surface area contributed by atoms with Crippen LogP contribution in [0, 0.1) is 5.82 Å². The number of hydrazone groups is 1. The summed E-state index contributed by atoms with van der Waals surface area (Å²) in [7, 11) is 0. The number of hydrogen-bond donors (Lipinski definition) is 2. The van der Waals surface area contributed by atoms with Crippen molar-refractivity contribution in [2.24, 2.45) is 10.8 Å². The number of thiocarbonyl (C=S) groups is 1. The lowest BCUT2D eigenvalue weighted by Crippen LogP contribution is -2.25. The van der Waals surface area contributed by atoms with Gasteiger partial charge in [-0.1, -0.05) is 12.1 Å². The number of nitrogens with zero attached hydrogens (tertiary/aromatic N) is 1. The van der Waals surface area contributed by atoms with Crippen molar-refractivity contribution in [3.05, 3.63) is 35.6 Å². The van der Waals surface area contributed by atoms with Crippen molar-refractivity contribution in [3.63, 3.8) is 0 Å². The Labute approximate surface area is 93.2 Å². The molecule has 0 heterocycles. The maximum Gasteiger partial charge on any atom is 0.184 e. The molecule has 0 aromatic heterocycles. The van der Waals surface area contributed by atoms with Crippen LogP contribution in [0.25, 0.3) is 0 Å². The highest BCUT2D eigenvalue weighted by Gasteiger charge is 1.97. The second-order valence-electron chi connectivity index (χ2n) is 3.13. The molecule has 0 amide bonds. The lowest BCUT2D eigenvalue weighted by atomic mass is 10.1. The molecule has 0 unspecified atom stereocenters. The largest absolute Gasteiger partial charge is 0.375 e. The zero-order valence-electron chi connectivity index (χ0n) is 8.33. The van der Waals surface area contributed by atoms with Crippen molar-refractivity contribution >= 4 is 23.0 Å². The SMILES string of the molecule is C/C(Cc1ccc(F)cc1)=N/NC(N)=S. The first-order chi connectivity index (χ1) is 7.08. The summed E-state index contributed by atoms with van der Waals surface area (Å²) in [4.78, 5) is 0. The summed E-state index contributed by atoms with van der Waals surface area (Å²) in [5, 5.41) is 4.08. The van der Waals surface area contributed by atoms with Gasteiger partial charge in [0.1, 0.15) is 5.82 Å². The number of nitrogens with two attached hydrogens (primary N) is 1. The summed E-state index contributed by atoms with van der Waals surface area (Å²) in [5.41, 5.74) is 9.53. The molecule has 0 aliphatic carbocycles. The van der Waals surface area contributed by atoms with E-state index < -0.39 is 0 Å². The van der Waals surface area contributed by atoms with Gasteiger partial charge in [-0.2, -0.15) is 5.10 Å². The van der Waals surface area contributed by atoms with E-state index in [1.807, 2.05) is 6.92 Å². The smallest absolute Gasteiger partial charge is 0.184 e. The van der Waals surface area contributed by atoms with Crippen LogP contribution in [-0.4, -0.2) is 10.8 Å². The third kappa shape index (κ3) is 4.51. The van der Waals surface area contributed by atoms with Crippen LogP contribution >= 0.6 is 12.2 Å². The summed E-state index contributed by atoms with van der Waals surface area (Å²) in [6.07, 6.45) is 0.635. The molecule has 1 aromatic rings. The molecule has 1 rings (SSSR count). The van der Waals surface area contributed by atoms with Gasteiger partial charge in [0.05, 0.1) is 0 Å². The van der Waals surface area contributed by atoms with E-state index in [-0.39, 0.29) is 10.9 Å². The van der Waals surface area contributed by atoms with E-state index in [0.29, 0.717) is 6.42 Å². The van der Waals surface area contributed by atoms with Crippen LogP contribution in [-0.2, 0) is 6.42 Å². The van der Waals surface area contributed by atoms with Gasteiger partial charge in [0.15, 0.2) is 5.11 Å². The average Bonchev–Trinajstić information content (AvgIpc) is 2.19. The Hall–Kier alpha value is -1.49. The zero-order valence-corrected chi connectivity index (χ0v) is 9.14. The lowest BCUT2D eigenvalue weighted by Gasteiger charge is -2.02. The molecule has 0 aliphatic rings. The molecule has 80 valence electrons. The van der Waals surface area contributed by atoms with Gasteiger partial charge in [0.2, 0.25) is 0 Å². The molecule has 3 nitrogen and oxygen atoms in total. The predicted octanol–water partition coefficient (Wildman–Crippen LogP) is 1.58. The van der Waals surface area contributed by atoms with Crippen LogP contribution in [0.4, 0.5) is 4.39 Å². The second kappa shape index (κ2) is 5.41. The number of halogens is 1. The van der Waals surface area contributed by atoms with Crippen LogP contribution in [0.2, 0.25) is 0 Å². The van der Waals surface area contributed by atoms with Crippen LogP contribution in [0.5, 0.6) is 0 Å². The standard InChI is InChI=1S/C10H12FN3S/c1-7(13-14-10(12)15)6-8-2-4-9(11)5-3-8/h2-5H,6H2,1H3,(H3,12,14,15)/b13-7-. The van der Waals surface area contributed by atoms with Crippen molar-refractivity contribution in [3.8, 4) is 0 Å². The van der Waals surface area contributed by atoms with E-state index in [9.17, 15) is 4.39 Å². The number of benzene rings is 1. The summed E-state index contributed by atoms with van der Waals surface area (Å²) in [5.74, 6) is -0.241. The molecule has 0 saturated carbocycles. The van der Waals surface area contributed by atoms with Gasteiger partial charge in [-0.15, -0.1) is 0 Å². The Morgan fingerprint density at radius 1 is 1.47 bits per heavy atom. The molecule has 5 heteroatoms. The molecule has 0 radical (unpaired) electrons. The Kier molecular flexibility index (Phi) is 4.17. The van der Waals surface area contributed by atoms with Crippen LogP contribution < -0.4 is 11.2 Å². The molecule has 0 fully saturated rings. The van der Waals surface area contributed by atoms with E-state index in [0.717, 1.165) is 11.3 Å². The number of hydrogen-bond acceptors (Lipinski definition) is 2. The molecule has 0 bridgehead atoms. The average molecular weight is 225 g/mol. The Morgan fingerprint density at radius 2 is 2.07 bits per heavy atom. The first-order valence-electron chi connectivity index (χ1n) is 4.41. The van der Waals surface area contributed by atoms with Crippen molar-refractivity contribution < 1.29 is 4.39 Å². The monoisotopic (exact) mass is 225 g/mol. The van der Waals surface area contributed by atoms with Crippen molar-refractivity contribution in [1.82, 2.24) is 5.43 Å². The van der Waals surface area contributed by atoms with E-state index >= 15 is 0 Å². The third-order valence-electron chi connectivity index (χ3n) is 1.73. The van der Waals surface area contributed by atoms with E-state index in [4.69, 9.17) is 5.73 Å². The maximum absolute atomic E-state index is 12.6. The fourth-order valence-electron chi connectivity index (χ4n) is 1.09. The number of rotatable bonds is 3. The highest BCUT2D eigenvalue weighted by Crippen LogP contribution is 2.04. The number of nitrogens with one attached hydrogen (secondary N) is 1. The molecule has 3 N–H and O–H groups in total. The summed E-state index contributed by atoms with van der Waals surface area (Å²) >= 11 is 4.61. The maximum atomic E-state index is 12.6. The van der Waals surface area contributed by atoms with Gasteiger partial charge < -0.3 is 5.73 Å². The summed E-state index contributed by atoms with van der Waals surface area (Å²) in [6.45, 7) is 1.84.